The number of halogens is 1. The van der Waals surface area contributed by atoms with E-state index in [4.69, 9.17) is 21.3 Å². The number of aromatic nitrogens is 3. The van der Waals surface area contributed by atoms with Crippen LogP contribution in [0.25, 0.3) is 28.3 Å². The molecular weight excluding hydrogens is 366 g/mol. The van der Waals surface area contributed by atoms with E-state index in [0.717, 1.165) is 28.3 Å². The largest absolute Gasteiger partial charge is 0.497 e. The predicted octanol–water partition coefficient (Wildman–Crippen LogP) is 5.45. The molecule has 0 bridgehead atoms. The van der Waals surface area contributed by atoms with Gasteiger partial charge in [0.25, 0.3) is 0 Å². The van der Waals surface area contributed by atoms with Gasteiger partial charge in [0, 0.05) is 22.2 Å². The van der Waals surface area contributed by atoms with E-state index in [1.54, 1.807) is 31.1 Å². The minimum Gasteiger partial charge on any atom is -0.497 e. The van der Waals surface area contributed by atoms with Gasteiger partial charge in [-0.05, 0) is 48.7 Å². The summed E-state index contributed by atoms with van der Waals surface area (Å²) in [5, 5.41) is 0.570. The summed E-state index contributed by atoms with van der Waals surface area (Å²) in [5.74, 6) is 1.38. The number of imidazole rings is 1. The molecule has 0 aliphatic rings. The van der Waals surface area contributed by atoms with E-state index in [9.17, 15) is 0 Å². The highest BCUT2D eigenvalue weighted by Crippen LogP contribution is 2.35. The van der Waals surface area contributed by atoms with Gasteiger partial charge in [0.15, 0.2) is 0 Å². The Morgan fingerprint density at radius 1 is 0.962 bits per heavy atom. The first-order chi connectivity index (χ1) is 12.7. The van der Waals surface area contributed by atoms with Gasteiger partial charge in [0.2, 0.25) is 5.78 Å². The summed E-state index contributed by atoms with van der Waals surface area (Å²) in [6.07, 6.45) is 3.73. The Labute approximate surface area is 160 Å². The molecule has 0 fully saturated rings. The van der Waals surface area contributed by atoms with Crippen molar-refractivity contribution in [3.63, 3.8) is 0 Å². The van der Waals surface area contributed by atoms with Gasteiger partial charge < -0.3 is 4.74 Å². The minimum absolute atomic E-state index is 0.570. The number of nitrogens with zero attached hydrogens (tertiary/aromatic N) is 3. The van der Waals surface area contributed by atoms with E-state index in [1.807, 2.05) is 28.7 Å². The molecule has 0 unspecified atom stereocenters. The number of thioether (sulfide) groups is 1. The van der Waals surface area contributed by atoms with Crippen molar-refractivity contribution in [2.45, 2.75) is 4.90 Å². The van der Waals surface area contributed by atoms with Gasteiger partial charge in [-0.25, -0.2) is 9.97 Å². The fourth-order valence-corrected chi connectivity index (χ4v) is 3.53. The van der Waals surface area contributed by atoms with Crippen molar-refractivity contribution in [1.29, 1.82) is 0 Å². The van der Waals surface area contributed by atoms with Crippen LogP contribution >= 0.6 is 23.4 Å². The number of ether oxygens (including phenoxy) is 1. The number of benzene rings is 2. The topological polar surface area (TPSA) is 39.4 Å². The second kappa shape index (κ2) is 7.02. The highest BCUT2D eigenvalue weighted by Gasteiger charge is 2.18. The van der Waals surface area contributed by atoms with Crippen LogP contribution in [-0.2, 0) is 0 Å². The van der Waals surface area contributed by atoms with Crippen LogP contribution in [0.2, 0.25) is 5.15 Å². The Kier molecular flexibility index (Phi) is 4.57. The monoisotopic (exact) mass is 381 g/mol. The predicted molar refractivity (Wildman–Crippen MR) is 107 cm³/mol. The van der Waals surface area contributed by atoms with Crippen LogP contribution < -0.4 is 4.74 Å². The zero-order chi connectivity index (χ0) is 18.1. The Bertz CT molecular complexity index is 1060. The van der Waals surface area contributed by atoms with Gasteiger partial charge in [-0.2, -0.15) is 0 Å². The lowest BCUT2D eigenvalue weighted by atomic mass is 10.0. The number of methoxy groups -OCH3 is 1. The molecule has 0 aliphatic carbocycles. The maximum Gasteiger partial charge on any atom is 0.236 e. The van der Waals surface area contributed by atoms with Crippen LogP contribution in [0.15, 0.2) is 65.7 Å². The van der Waals surface area contributed by atoms with Crippen LogP contribution in [0.1, 0.15) is 0 Å². The lowest BCUT2D eigenvalue weighted by molar-refractivity contribution is 0.415. The number of hydrogen-bond acceptors (Lipinski definition) is 4. The average Bonchev–Trinajstić information content (AvgIpc) is 3.09. The molecule has 0 radical (unpaired) electrons. The Hall–Kier alpha value is -2.50. The molecule has 0 saturated heterocycles. The van der Waals surface area contributed by atoms with Crippen LogP contribution in [-0.4, -0.2) is 27.7 Å². The minimum atomic E-state index is 0.570. The average molecular weight is 382 g/mol. The lowest BCUT2D eigenvalue weighted by Crippen LogP contribution is -1.93. The first kappa shape index (κ1) is 16.9. The van der Waals surface area contributed by atoms with Gasteiger partial charge in [0.1, 0.15) is 10.9 Å². The van der Waals surface area contributed by atoms with E-state index in [0.29, 0.717) is 10.9 Å². The normalized spacial score (nSPS) is 11.0. The third-order valence-corrected chi connectivity index (χ3v) is 5.24. The smallest absolute Gasteiger partial charge is 0.236 e. The van der Waals surface area contributed by atoms with Crippen molar-refractivity contribution < 1.29 is 4.74 Å². The van der Waals surface area contributed by atoms with Crippen molar-refractivity contribution in [3.8, 4) is 28.3 Å². The summed E-state index contributed by atoms with van der Waals surface area (Å²) < 4.78 is 7.15. The van der Waals surface area contributed by atoms with Gasteiger partial charge in [-0.3, -0.25) is 4.40 Å². The van der Waals surface area contributed by atoms with E-state index in [2.05, 4.69) is 35.5 Å². The fraction of sp³-hybridized carbons (Fsp3) is 0.100. The Morgan fingerprint density at radius 2 is 1.65 bits per heavy atom. The summed E-state index contributed by atoms with van der Waals surface area (Å²) in [6, 6.07) is 18.0. The molecule has 4 nitrogen and oxygen atoms in total. The number of hydrogen-bond donors (Lipinski definition) is 0. The Morgan fingerprint density at radius 3 is 2.31 bits per heavy atom. The summed E-state index contributed by atoms with van der Waals surface area (Å²) >= 11 is 8.19. The van der Waals surface area contributed by atoms with E-state index >= 15 is 0 Å². The first-order valence-electron chi connectivity index (χ1n) is 8.03. The summed E-state index contributed by atoms with van der Waals surface area (Å²) in [7, 11) is 1.66. The molecule has 0 spiro atoms. The number of rotatable bonds is 4. The zero-order valence-corrected chi connectivity index (χ0v) is 15.9. The van der Waals surface area contributed by atoms with Crippen molar-refractivity contribution >= 4 is 29.1 Å². The second-order valence-electron chi connectivity index (χ2n) is 5.67. The van der Waals surface area contributed by atoms with Crippen LogP contribution in [0.4, 0.5) is 0 Å². The quantitative estimate of drug-likeness (QED) is 0.348. The Balaban J connectivity index is 1.98. The highest BCUT2D eigenvalue weighted by atomic mass is 35.5. The molecule has 0 aliphatic heterocycles. The third kappa shape index (κ3) is 2.93. The van der Waals surface area contributed by atoms with Crippen molar-refractivity contribution in [2.24, 2.45) is 0 Å². The first-order valence-corrected chi connectivity index (χ1v) is 9.63. The van der Waals surface area contributed by atoms with E-state index in [1.165, 1.54) is 4.90 Å². The van der Waals surface area contributed by atoms with Crippen molar-refractivity contribution in [1.82, 2.24) is 14.4 Å². The SMILES string of the molecule is COc1ccc(-c2c(-c3ccc(SC)cc3)nc3nccc(Cl)n23)cc1. The summed E-state index contributed by atoms with van der Waals surface area (Å²) in [6.45, 7) is 0. The van der Waals surface area contributed by atoms with Crippen LogP contribution in [0.3, 0.4) is 0 Å². The maximum atomic E-state index is 6.47. The lowest BCUT2D eigenvalue weighted by Gasteiger charge is -2.08. The molecule has 0 N–H and O–H groups in total. The van der Waals surface area contributed by atoms with Gasteiger partial charge in [0.05, 0.1) is 18.5 Å². The third-order valence-electron chi connectivity index (χ3n) is 4.20. The molecule has 26 heavy (non-hydrogen) atoms. The molecule has 0 saturated carbocycles. The fourth-order valence-electron chi connectivity index (χ4n) is 2.90. The van der Waals surface area contributed by atoms with E-state index in [-0.39, 0.29) is 0 Å². The van der Waals surface area contributed by atoms with E-state index < -0.39 is 0 Å². The molecule has 6 heteroatoms. The number of fused-ring (bicyclic) bond motifs is 1. The molecule has 0 atom stereocenters. The molecule has 2 aromatic carbocycles. The standard InChI is InChI=1S/C20H16ClN3OS/c1-25-15-7-3-14(4-8-15)19-18(13-5-9-16(26-2)10-6-13)23-20-22-12-11-17(21)24(19)20/h3-12H,1-2H3. The van der Waals surface area contributed by atoms with Gasteiger partial charge >= 0.3 is 0 Å². The van der Waals surface area contributed by atoms with Crippen LogP contribution in [0, 0.1) is 0 Å². The molecular formula is C20H16ClN3OS. The molecule has 4 aromatic rings. The van der Waals surface area contributed by atoms with Gasteiger partial charge in [-0.1, -0.05) is 23.7 Å². The van der Waals surface area contributed by atoms with Crippen molar-refractivity contribution in [3.05, 3.63) is 65.9 Å². The molecule has 130 valence electrons. The van der Waals surface area contributed by atoms with Crippen molar-refractivity contribution in [2.75, 3.05) is 13.4 Å². The second-order valence-corrected chi connectivity index (χ2v) is 6.94. The molecule has 2 aromatic heterocycles. The molecule has 4 rings (SSSR count). The molecule has 2 heterocycles. The zero-order valence-electron chi connectivity index (χ0n) is 14.3. The van der Waals surface area contributed by atoms with Gasteiger partial charge in [-0.15, -0.1) is 11.8 Å². The van der Waals surface area contributed by atoms with Crippen LogP contribution in [0.5, 0.6) is 5.75 Å². The summed E-state index contributed by atoms with van der Waals surface area (Å²) in [4.78, 5) is 10.3. The highest BCUT2D eigenvalue weighted by molar-refractivity contribution is 7.98. The maximum absolute atomic E-state index is 6.47. The summed E-state index contributed by atoms with van der Waals surface area (Å²) in [5.41, 5.74) is 3.79. The molecule has 0 amide bonds.